The highest BCUT2D eigenvalue weighted by Gasteiger charge is 2.21. The van der Waals surface area contributed by atoms with E-state index in [4.69, 9.17) is 16.3 Å². The fraction of sp³-hybridized carbons (Fsp3) is 0.381. The molecule has 1 saturated heterocycles. The summed E-state index contributed by atoms with van der Waals surface area (Å²) < 4.78 is 5.43. The summed E-state index contributed by atoms with van der Waals surface area (Å²) in [5, 5.41) is 3.62. The van der Waals surface area contributed by atoms with Gasteiger partial charge in [0.25, 0.3) is 0 Å². The van der Waals surface area contributed by atoms with Crippen molar-refractivity contribution in [2.45, 2.75) is 19.8 Å². The summed E-state index contributed by atoms with van der Waals surface area (Å²) in [6, 6.07) is 13.7. The summed E-state index contributed by atoms with van der Waals surface area (Å²) in [6.45, 7) is 4.57. The topological polar surface area (TPSA) is 41.6 Å². The fourth-order valence-corrected chi connectivity index (χ4v) is 3.66. The van der Waals surface area contributed by atoms with Crippen LogP contribution in [0, 0.1) is 5.92 Å². The number of carbonyl (C=O) groups is 1. The highest BCUT2D eigenvalue weighted by molar-refractivity contribution is 6.31. The number of hydrogen-bond donors (Lipinski definition) is 1. The normalized spacial score (nSPS) is 17.3. The van der Waals surface area contributed by atoms with Crippen LogP contribution in [0.15, 0.2) is 42.5 Å². The van der Waals surface area contributed by atoms with E-state index in [0.29, 0.717) is 12.5 Å². The number of hydrogen-bond acceptors (Lipinski definition) is 3. The highest BCUT2D eigenvalue weighted by Crippen LogP contribution is 2.31. The zero-order valence-corrected chi connectivity index (χ0v) is 16.1. The van der Waals surface area contributed by atoms with E-state index in [1.165, 1.54) is 0 Å². The molecule has 5 heteroatoms. The molecule has 4 nitrogen and oxygen atoms in total. The van der Waals surface area contributed by atoms with Crippen molar-refractivity contribution in [3.8, 4) is 11.1 Å². The monoisotopic (exact) mass is 372 g/mol. The van der Waals surface area contributed by atoms with E-state index in [2.05, 4.69) is 24.2 Å². The number of halogens is 1. The van der Waals surface area contributed by atoms with Gasteiger partial charge >= 0.3 is 6.09 Å². The summed E-state index contributed by atoms with van der Waals surface area (Å²) in [5.74, 6) is 0.418. The molecule has 0 aliphatic carbocycles. The van der Waals surface area contributed by atoms with Crippen LogP contribution in [0.25, 0.3) is 11.1 Å². The molecule has 26 heavy (non-hydrogen) atoms. The molecule has 2 aromatic rings. The van der Waals surface area contributed by atoms with E-state index in [1.807, 2.05) is 42.5 Å². The molecule has 2 aromatic carbocycles. The molecule has 0 aromatic heterocycles. The number of aryl methyl sites for hydroxylation is 1. The third-order valence-corrected chi connectivity index (χ3v) is 5.20. The van der Waals surface area contributed by atoms with Crippen LogP contribution in [0.4, 0.5) is 10.5 Å². The summed E-state index contributed by atoms with van der Waals surface area (Å²) in [5.41, 5.74) is 3.73. The van der Waals surface area contributed by atoms with Gasteiger partial charge in [0, 0.05) is 23.0 Å². The number of benzene rings is 2. The maximum atomic E-state index is 12.2. The van der Waals surface area contributed by atoms with Crippen LogP contribution in [0.5, 0.6) is 0 Å². The van der Waals surface area contributed by atoms with Crippen molar-refractivity contribution in [3.05, 3.63) is 53.1 Å². The molecule has 138 valence electrons. The van der Waals surface area contributed by atoms with Gasteiger partial charge < -0.3 is 9.64 Å². The second kappa shape index (κ2) is 8.56. The predicted molar refractivity (Wildman–Crippen MR) is 107 cm³/mol. The van der Waals surface area contributed by atoms with E-state index < -0.39 is 6.09 Å². The van der Waals surface area contributed by atoms with Crippen molar-refractivity contribution < 1.29 is 9.53 Å². The molecule has 1 heterocycles. The van der Waals surface area contributed by atoms with Crippen LogP contribution in [0.3, 0.4) is 0 Å². The van der Waals surface area contributed by atoms with Gasteiger partial charge in [0.1, 0.15) is 0 Å². The maximum Gasteiger partial charge on any atom is 0.411 e. The van der Waals surface area contributed by atoms with Crippen molar-refractivity contribution in [1.29, 1.82) is 0 Å². The van der Waals surface area contributed by atoms with E-state index in [9.17, 15) is 4.79 Å². The average Bonchev–Trinajstić information content (AvgIpc) is 3.06. The van der Waals surface area contributed by atoms with Crippen LogP contribution in [0.1, 0.15) is 18.9 Å². The molecule has 1 aliphatic rings. The first kappa shape index (κ1) is 18.7. The molecule has 1 aliphatic heterocycles. The highest BCUT2D eigenvalue weighted by atomic mass is 35.5. The summed E-state index contributed by atoms with van der Waals surface area (Å²) >= 11 is 6.36. The lowest BCUT2D eigenvalue weighted by Gasteiger charge is -2.14. The number of carbonyl (C=O) groups excluding carboxylic acids is 1. The van der Waals surface area contributed by atoms with Crippen molar-refractivity contribution in [3.63, 3.8) is 0 Å². The number of para-hydroxylation sites is 1. The van der Waals surface area contributed by atoms with Crippen molar-refractivity contribution in [1.82, 2.24) is 4.90 Å². The quantitative estimate of drug-likeness (QED) is 0.796. The van der Waals surface area contributed by atoms with E-state index in [0.717, 1.165) is 53.3 Å². The number of likely N-dealkylation sites (tertiary alicyclic amines) is 1. The van der Waals surface area contributed by atoms with Gasteiger partial charge in [0.15, 0.2) is 0 Å². The minimum Gasteiger partial charge on any atom is -0.449 e. The van der Waals surface area contributed by atoms with Gasteiger partial charge in [-0.2, -0.15) is 0 Å². The van der Waals surface area contributed by atoms with Crippen LogP contribution in [0.2, 0.25) is 5.02 Å². The molecule has 0 spiro atoms. The molecular weight excluding hydrogens is 348 g/mol. The Balaban J connectivity index is 1.69. The fourth-order valence-electron chi connectivity index (χ4n) is 3.35. The molecule has 0 unspecified atom stereocenters. The third-order valence-electron chi connectivity index (χ3n) is 4.85. The van der Waals surface area contributed by atoms with Gasteiger partial charge in [-0.25, -0.2) is 4.79 Å². The number of nitrogens with one attached hydrogen (secondary N) is 1. The number of ether oxygens (including phenoxy) is 1. The molecule has 1 N–H and O–H groups in total. The first-order valence-electron chi connectivity index (χ1n) is 9.07. The van der Waals surface area contributed by atoms with E-state index in [1.54, 1.807) is 0 Å². The number of rotatable bonds is 5. The second-order valence-corrected chi connectivity index (χ2v) is 7.25. The van der Waals surface area contributed by atoms with Crippen molar-refractivity contribution in [2.75, 3.05) is 32.1 Å². The Morgan fingerprint density at radius 3 is 2.81 bits per heavy atom. The lowest BCUT2D eigenvalue weighted by Crippen LogP contribution is -2.21. The Morgan fingerprint density at radius 1 is 1.31 bits per heavy atom. The van der Waals surface area contributed by atoms with Gasteiger partial charge in [-0.1, -0.05) is 48.9 Å². The molecule has 0 radical (unpaired) electrons. The maximum absolute atomic E-state index is 12.2. The second-order valence-electron chi connectivity index (χ2n) is 6.85. The first-order chi connectivity index (χ1) is 12.6. The van der Waals surface area contributed by atoms with Crippen molar-refractivity contribution in [2.24, 2.45) is 5.92 Å². The van der Waals surface area contributed by atoms with Crippen LogP contribution < -0.4 is 5.32 Å². The standard InChI is InChI=1S/C21H25ClN2O2/c1-3-16-8-9-17(12-19(16)22)18-6-4-5-7-20(18)23-21(25)26-14-15-10-11-24(2)13-15/h4-9,12,15H,3,10-11,13-14H2,1-2H3,(H,23,25)/t15-/m0/s1. The zero-order chi connectivity index (χ0) is 18.5. The summed E-state index contributed by atoms with van der Waals surface area (Å²) in [6.07, 6.45) is 1.55. The van der Waals surface area contributed by atoms with Gasteiger partial charge in [0.2, 0.25) is 0 Å². The largest absolute Gasteiger partial charge is 0.449 e. The van der Waals surface area contributed by atoms with Gasteiger partial charge in [-0.05, 0) is 49.7 Å². The number of anilines is 1. The molecular formula is C21H25ClN2O2. The number of nitrogens with zero attached hydrogens (tertiary/aromatic N) is 1. The molecule has 1 atom stereocenters. The van der Waals surface area contributed by atoms with Gasteiger partial charge in [-0.3, -0.25) is 5.32 Å². The summed E-state index contributed by atoms with van der Waals surface area (Å²) in [4.78, 5) is 14.5. The smallest absolute Gasteiger partial charge is 0.411 e. The minimum absolute atomic E-state index is 0.414. The van der Waals surface area contributed by atoms with Crippen LogP contribution in [-0.2, 0) is 11.2 Å². The molecule has 1 amide bonds. The van der Waals surface area contributed by atoms with Gasteiger partial charge in [0.05, 0.1) is 12.3 Å². The predicted octanol–water partition coefficient (Wildman–Crippen LogP) is 5.07. The molecule has 0 saturated carbocycles. The molecule has 1 fully saturated rings. The lowest BCUT2D eigenvalue weighted by atomic mass is 10.0. The third kappa shape index (κ3) is 4.57. The Kier molecular flexibility index (Phi) is 6.17. The van der Waals surface area contributed by atoms with Gasteiger partial charge in [-0.15, -0.1) is 0 Å². The Hall–Kier alpha value is -2.04. The zero-order valence-electron chi connectivity index (χ0n) is 15.3. The van der Waals surface area contributed by atoms with Crippen molar-refractivity contribution >= 4 is 23.4 Å². The SMILES string of the molecule is CCc1ccc(-c2ccccc2NC(=O)OC[C@H]2CCN(C)C2)cc1Cl. The number of amides is 1. The minimum atomic E-state index is -0.414. The Labute approximate surface area is 160 Å². The first-order valence-corrected chi connectivity index (χ1v) is 9.44. The summed E-state index contributed by atoms with van der Waals surface area (Å²) in [7, 11) is 2.09. The Bertz CT molecular complexity index is 778. The van der Waals surface area contributed by atoms with Crippen LogP contribution >= 0.6 is 11.6 Å². The van der Waals surface area contributed by atoms with Crippen LogP contribution in [-0.4, -0.2) is 37.7 Å². The lowest BCUT2D eigenvalue weighted by molar-refractivity contribution is 0.142. The Morgan fingerprint density at radius 2 is 2.12 bits per heavy atom. The van der Waals surface area contributed by atoms with E-state index in [-0.39, 0.29) is 0 Å². The molecule has 3 rings (SSSR count). The van der Waals surface area contributed by atoms with E-state index >= 15 is 0 Å². The molecule has 0 bridgehead atoms. The average molecular weight is 373 g/mol.